The van der Waals surface area contributed by atoms with Crippen LogP contribution in [0.5, 0.6) is 0 Å². The standard InChI is InChI=1S/C15H19N3O3/c1-11(19)17-10-12-2-4-13(5-3-12)15(21)18-8-6-14(20)16-7-9-18/h2-5H,6-10H2,1H3,(H,16,20)(H,17,19). The van der Waals surface area contributed by atoms with E-state index in [2.05, 4.69) is 10.6 Å². The van der Waals surface area contributed by atoms with E-state index in [1.54, 1.807) is 17.0 Å². The van der Waals surface area contributed by atoms with Crippen molar-refractivity contribution in [1.29, 1.82) is 0 Å². The topological polar surface area (TPSA) is 78.5 Å². The number of carbonyl (C=O) groups excluding carboxylic acids is 3. The molecule has 0 spiro atoms. The highest BCUT2D eigenvalue weighted by Crippen LogP contribution is 2.09. The number of amides is 3. The van der Waals surface area contributed by atoms with Crippen molar-refractivity contribution in [1.82, 2.24) is 15.5 Å². The molecule has 2 N–H and O–H groups in total. The SMILES string of the molecule is CC(=O)NCc1ccc(C(=O)N2CCNC(=O)CC2)cc1. The normalized spacial score (nSPS) is 15.1. The molecule has 2 rings (SSSR count). The first-order chi connectivity index (χ1) is 10.1. The number of nitrogens with one attached hydrogen (secondary N) is 2. The molecule has 1 aromatic rings. The molecule has 0 aromatic heterocycles. The molecule has 6 heteroatoms. The molecule has 1 aliphatic heterocycles. The minimum Gasteiger partial charge on any atom is -0.354 e. The molecule has 6 nitrogen and oxygen atoms in total. The van der Waals surface area contributed by atoms with E-state index in [4.69, 9.17) is 0 Å². The summed E-state index contributed by atoms with van der Waals surface area (Å²) in [6.45, 7) is 3.38. The monoisotopic (exact) mass is 289 g/mol. The Kier molecular flexibility index (Phi) is 4.92. The lowest BCUT2D eigenvalue weighted by Gasteiger charge is -2.19. The summed E-state index contributed by atoms with van der Waals surface area (Å²) in [5.41, 5.74) is 1.53. The molecule has 0 unspecified atom stereocenters. The van der Waals surface area contributed by atoms with E-state index < -0.39 is 0 Å². The van der Waals surface area contributed by atoms with Gasteiger partial charge in [0.15, 0.2) is 0 Å². The van der Waals surface area contributed by atoms with Crippen LogP contribution in [0.15, 0.2) is 24.3 Å². The van der Waals surface area contributed by atoms with Gasteiger partial charge in [0.1, 0.15) is 0 Å². The maximum absolute atomic E-state index is 12.4. The first-order valence-electron chi connectivity index (χ1n) is 6.95. The molecule has 1 heterocycles. The molecule has 0 atom stereocenters. The molecule has 1 fully saturated rings. The second-order valence-electron chi connectivity index (χ2n) is 5.00. The van der Waals surface area contributed by atoms with Crippen LogP contribution in [-0.2, 0) is 16.1 Å². The number of carbonyl (C=O) groups is 3. The highest BCUT2D eigenvalue weighted by atomic mass is 16.2. The molecule has 0 saturated carbocycles. The van der Waals surface area contributed by atoms with Gasteiger partial charge in [-0.2, -0.15) is 0 Å². The predicted octanol–water partition coefficient (Wildman–Crippen LogP) is 0.285. The zero-order valence-corrected chi connectivity index (χ0v) is 12.0. The van der Waals surface area contributed by atoms with Gasteiger partial charge < -0.3 is 15.5 Å². The average Bonchev–Trinajstić information content (AvgIpc) is 2.69. The largest absolute Gasteiger partial charge is 0.354 e. The van der Waals surface area contributed by atoms with Crippen molar-refractivity contribution in [2.24, 2.45) is 0 Å². The van der Waals surface area contributed by atoms with Crippen LogP contribution in [0.1, 0.15) is 29.3 Å². The van der Waals surface area contributed by atoms with Crippen molar-refractivity contribution < 1.29 is 14.4 Å². The summed E-state index contributed by atoms with van der Waals surface area (Å²) in [5, 5.41) is 5.45. The van der Waals surface area contributed by atoms with Crippen molar-refractivity contribution in [3.63, 3.8) is 0 Å². The number of rotatable bonds is 3. The summed E-state index contributed by atoms with van der Waals surface area (Å²) < 4.78 is 0. The van der Waals surface area contributed by atoms with Crippen LogP contribution in [0, 0.1) is 0 Å². The summed E-state index contributed by atoms with van der Waals surface area (Å²) in [6, 6.07) is 7.15. The zero-order chi connectivity index (χ0) is 15.2. The molecule has 1 aliphatic rings. The van der Waals surface area contributed by atoms with Crippen LogP contribution in [0.2, 0.25) is 0 Å². The molecule has 0 bridgehead atoms. The van der Waals surface area contributed by atoms with Gasteiger partial charge in [0, 0.05) is 45.1 Å². The predicted molar refractivity (Wildman–Crippen MR) is 77.5 cm³/mol. The van der Waals surface area contributed by atoms with Crippen molar-refractivity contribution in [2.45, 2.75) is 19.9 Å². The van der Waals surface area contributed by atoms with Crippen LogP contribution in [-0.4, -0.2) is 42.3 Å². The van der Waals surface area contributed by atoms with Gasteiger partial charge in [-0.05, 0) is 17.7 Å². The molecule has 0 aliphatic carbocycles. The van der Waals surface area contributed by atoms with Gasteiger partial charge in [-0.1, -0.05) is 12.1 Å². The molecule has 112 valence electrons. The van der Waals surface area contributed by atoms with Gasteiger partial charge in [0.05, 0.1) is 0 Å². The van der Waals surface area contributed by atoms with Gasteiger partial charge in [-0.25, -0.2) is 0 Å². The minimum absolute atomic E-state index is 0.0176. The lowest BCUT2D eigenvalue weighted by molar-refractivity contribution is -0.121. The third-order valence-corrected chi connectivity index (χ3v) is 3.34. The number of hydrogen-bond donors (Lipinski definition) is 2. The fourth-order valence-corrected chi connectivity index (χ4v) is 2.14. The summed E-state index contributed by atoms with van der Waals surface area (Å²) in [4.78, 5) is 36.2. The second-order valence-corrected chi connectivity index (χ2v) is 5.00. The van der Waals surface area contributed by atoms with Crippen molar-refractivity contribution in [3.05, 3.63) is 35.4 Å². The molecule has 1 saturated heterocycles. The summed E-state index contributed by atoms with van der Waals surface area (Å²) >= 11 is 0. The zero-order valence-electron chi connectivity index (χ0n) is 12.0. The Morgan fingerprint density at radius 3 is 2.62 bits per heavy atom. The van der Waals surface area contributed by atoms with E-state index in [0.29, 0.717) is 38.2 Å². The first kappa shape index (κ1) is 15.0. The Bertz CT molecular complexity index is 540. The lowest BCUT2D eigenvalue weighted by Crippen LogP contribution is -2.34. The van der Waals surface area contributed by atoms with Crippen LogP contribution >= 0.6 is 0 Å². The van der Waals surface area contributed by atoms with E-state index in [1.807, 2.05) is 12.1 Å². The molecule has 3 amide bonds. The molecular formula is C15H19N3O3. The smallest absolute Gasteiger partial charge is 0.253 e. The molecule has 0 radical (unpaired) electrons. The van der Waals surface area contributed by atoms with Crippen molar-refractivity contribution in [3.8, 4) is 0 Å². The van der Waals surface area contributed by atoms with E-state index in [9.17, 15) is 14.4 Å². The van der Waals surface area contributed by atoms with Crippen molar-refractivity contribution in [2.75, 3.05) is 19.6 Å². The van der Waals surface area contributed by atoms with E-state index in [1.165, 1.54) is 6.92 Å². The van der Waals surface area contributed by atoms with E-state index in [0.717, 1.165) is 5.56 Å². The minimum atomic E-state index is -0.0862. The summed E-state index contributed by atoms with van der Waals surface area (Å²) in [6.07, 6.45) is 0.340. The molecule has 1 aromatic carbocycles. The molecular weight excluding hydrogens is 270 g/mol. The van der Waals surface area contributed by atoms with Gasteiger partial charge in [-0.3, -0.25) is 14.4 Å². The number of nitrogens with zero attached hydrogens (tertiary/aromatic N) is 1. The highest BCUT2D eigenvalue weighted by molar-refractivity contribution is 5.94. The Balaban J connectivity index is 1.98. The van der Waals surface area contributed by atoms with Crippen molar-refractivity contribution >= 4 is 17.7 Å². The van der Waals surface area contributed by atoms with Gasteiger partial charge >= 0.3 is 0 Å². The fourth-order valence-electron chi connectivity index (χ4n) is 2.14. The third kappa shape index (κ3) is 4.30. The summed E-state index contributed by atoms with van der Waals surface area (Å²) in [7, 11) is 0. The van der Waals surface area contributed by atoms with Gasteiger partial charge in [0.25, 0.3) is 5.91 Å². The van der Waals surface area contributed by atoms with Gasteiger partial charge in [0.2, 0.25) is 11.8 Å². The van der Waals surface area contributed by atoms with Crippen LogP contribution < -0.4 is 10.6 Å². The van der Waals surface area contributed by atoms with Crippen LogP contribution in [0.3, 0.4) is 0 Å². The average molecular weight is 289 g/mol. The van der Waals surface area contributed by atoms with E-state index in [-0.39, 0.29) is 17.7 Å². The fraction of sp³-hybridized carbons (Fsp3) is 0.400. The summed E-state index contributed by atoms with van der Waals surface area (Å²) in [5.74, 6) is -0.176. The highest BCUT2D eigenvalue weighted by Gasteiger charge is 2.19. The third-order valence-electron chi connectivity index (χ3n) is 3.34. The van der Waals surface area contributed by atoms with E-state index >= 15 is 0 Å². The quantitative estimate of drug-likeness (QED) is 0.839. The lowest BCUT2D eigenvalue weighted by atomic mass is 10.1. The first-order valence-corrected chi connectivity index (χ1v) is 6.95. The Hall–Kier alpha value is -2.37. The number of benzene rings is 1. The maximum Gasteiger partial charge on any atom is 0.253 e. The second kappa shape index (κ2) is 6.88. The molecule has 21 heavy (non-hydrogen) atoms. The van der Waals surface area contributed by atoms with Crippen LogP contribution in [0.4, 0.5) is 0 Å². The Morgan fingerprint density at radius 1 is 1.24 bits per heavy atom. The Morgan fingerprint density at radius 2 is 1.95 bits per heavy atom. The Labute approximate surface area is 123 Å². The maximum atomic E-state index is 12.4. The van der Waals surface area contributed by atoms with Gasteiger partial charge in [-0.15, -0.1) is 0 Å². The number of hydrogen-bond acceptors (Lipinski definition) is 3. The van der Waals surface area contributed by atoms with Crippen LogP contribution in [0.25, 0.3) is 0 Å².